The van der Waals surface area contributed by atoms with Gasteiger partial charge in [0.25, 0.3) is 0 Å². The first kappa shape index (κ1) is 30.3. The van der Waals surface area contributed by atoms with Crippen molar-refractivity contribution in [1.29, 1.82) is 0 Å². The maximum Gasteiger partial charge on any atom is 0.164 e. The monoisotopic (exact) mass is 721 g/mol. The third-order valence-corrected chi connectivity index (χ3v) is 11.9. The molecule has 0 bridgehead atoms. The first-order valence-electron chi connectivity index (χ1n) is 18.3. The minimum atomic E-state index is 0.585. The molecule has 12 rings (SSSR count). The van der Waals surface area contributed by atoms with Gasteiger partial charge >= 0.3 is 0 Å². The van der Waals surface area contributed by atoms with E-state index >= 15 is 0 Å². The van der Waals surface area contributed by atoms with Crippen LogP contribution in [0.5, 0.6) is 0 Å². The molecule has 0 N–H and O–H groups in total. The van der Waals surface area contributed by atoms with E-state index in [1.807, 2.05) is 36.4 Å². The Hall–Kier alpha value is -7.15. The molecule has 0 amide bonds. The fraction of sp³-hybridized carbons (Fsp3) is 0. The van der Waals surface area contributed by atoms with Gasteiger partial charge in [-0.25, -0.2) is 15.0 Å². The van der Waals surface area contributed by atoms with Gasteiger partial charge in [-0.2, -0.15) is 0 Å². The molecule has 0 aliphatic rings. The Balaban J connectivity index is 1.14. The Morgan fingerprint density at radius 1 is 0.345 bits per heavy atom. The zero-order valence-corrected chi connectivity index (χ0v) is 30.0. The molecule has 0 atom stereocenters. The lowest BCUT2D eigenvalue weighted by molar-refractivity contribution is 0.669. The van der Waals surface area contributed by atoms with E-state index in [0.717, 1.165) is 87.9 Å². The van der Waals surface area contributed by atoms with Crippen LogP contribution in [-0.4, -0.2) is 15.0 Å². The van der Waals surface area contributed by atoms with Crippen molar-refractivity contribution >= 4 is 86.2 Å². The fourth-order valence-electron chi connectivity index (χ4n) is 8.26. The quantitative estimate of drug-likeness (QED) is 0.181. The number of fused-ring (bicyclic) bond motifs is 11. The van der Waals surface area contributed by atoms with Gasteiger partial charge in [-0.05, 0) is 65.0 Å². The molecule has 12 aromatic rings. The highest BCUT2D eigenvalue weighted by molar-refractivity contribution is 7.25. The van der Waals surface area contributed by atoms with E-state index in [1.165, 1.54) is 14.8 Å². The van der Waals surface area contributed by atoms with E-state index in [2.05, 4.69) is 127 Å². The second-order valence-electron chi connectivity index (χ2n) is 13.9. The number of para-hydroxylation sites is 1. The van der Waals surface area contributed by atoms with Crippen molar-refractivity contribution < 1.29 is 8.83 Å². The van der Waals surface area contributed by atoms with Gasteiger partial charge in [0.15, 0.2) is 17.5 Å². The van der Waals surface area contributed by atoms with Gasteiger partial charge in [-0.3, -0.25) is 0 Å². The van der Waals surface area contributed by atoms with E-state index in [9.17, 15) is 0 Å². The molecule has 256 valence electrons. The van der Waals surface area contributed by atoms with Gasteiger partial charge in [0, 0.05) is 63.8 Å². The van der Waals surface area contributed by atoms with Gasteiger partial charge in [0.1, 0.15) is 22.3 Å². The van der Waals surface area contributed by atoms with Crippen LogP contribution >= 0.6 is 11.3 Å². The fourth-order valence-corrected chi connectivity index (χ4v) is 9.39. The van der Waals surface area contributed by atoms with Crippen molar-refractivity contribution in [2.24, 2.45) is 0 Å². The third kappa shape index (κ3) is 4.62. The van der Waals surface area contributed by atoms with Crippen molar-refractivity contribution in [2.45, 2.75) is 0 Å². The maximum absolute atomic E-state index is 6.63. The van der Waals surface area contributed by atoms with Gasteiger partial charge in [0.05, 0.1) is 0 Å². The van der Waals surface area contributed by atoms with Crippen molar-refractivity contribution in [3.8, 4) is 45.3 Å². The zero-order valence-electron chi connectivity index (χ0n) is 29.2. The van der Waals surface area contributed by atoms with Crippen molar-refractivity contribution in [2.75, 3.05) is 0 Å². The highest BCUT2D eigenvalue weighted by Crippen LogP contribution is 2.43. The van der Waals surface area contributed by atoms with Gasteiger partial charge < -0.3 is 8.83 Å². The topological polar surface area (TPSA) is 65.0 Å². The van der Waals surface area contributed by atoms with Crippen LogP contribution < -0.4 is 0 Å². The van der Waals surface area contributed by atoms with Crippen LogP contribution in [0.25, 0.3) is 120 Å². The summed E-state index contributed by atoms with van der Waals surface area (Å²) in [6.07, 6.45) is 0. The number of hydrogen-bond donors (Lipinski definition) is 0. The Morgan fingerprint density at radius 3 is 1.84 bits per heavy atom. The van der Waals surface area contributed by atoms with Crippen molar-refractivity contribution in [3.63, 3.8) is 0 Å². The third-order valence-electron chi connectivity index (χ3n) is 10.7. The number of benzene rings is 8. The lowest BCUT2D eigenvalue weighted by Crippen LogP contribution is -2.00. The van der Waals surface area contributed by atoms with E-state index in [1.54, 1.807) is 11.3 Å². The number of thiophene rings is 1. The summed E-state index contributed by atoms with van der Waals surface area (Å²) in [6.45, 7) is 0. The highest BCUT2D eigenvalue weighted by Gasteiger charge is 2.21. The minimum absolute atomic E-state index is 0.585. The summed E-state index contributed by atoms with van der Waals surface area (Å²) in [5.41, 5.74) is 8.37. The largest absolute Gasteiger partial charge is 0.456 e. The Labute approximate surface area is 317 Å². The first-order valence-corrected chi connectivity index (χ1v) is 19.1. The van der Waals surface area contributed by atoms with Crippen LogP contribution in [0.1, 0.15) is 0 Å². The molecule has 55 heavy (non-hydrogen) atoms. The predicted octanol–water partition coefficient (Wildman–Crippen LogP) is 13.9. The molecule has 0 unspecified atom stereocenters. The highest BCUT2D eigenvalue weighted by atomic mass is 32.1. The van der Waals surface area contributed by atoms with Crippen LogP contribution in [0.2, 0.25) is 0 Å². The van der Waals surface area contributed by atoms with Gasteiger partial charge in [-0.15, -0.1) is 11.3 Å². The average molecular weight is 722 g/mol. The summed E-state index contributed by atoms with van der Waals surface area (Å²) in [7, 11) is 0. The molecule has 5 nitrogen and oxygen atoms in total. The molecule has 0 saturated heterocycles. The second kappa shape index (κ2) is 11.7. The average Bonchev–Trinajstić information content (AvgIpc) is 3.94. The van der Waals surface area contributed by atoms with Crippen LogP contribution in [-0.2, 0) is 0 Å². The van der Waals surface area contributed by atoms with Crippen LogP contribution in [0.4, 0.5) is 0 Å². The Kier molecular flexibility index (Phi) is 6.44. The lowest BCUT2D eigenvalue weighted by Gasteiger charge is -2.10. The molecule has 6 heteroatoms. The number of aromatic nitrogens is 3. The molecule has 0 fully saturated rings. The number of nitrogens with zero attached hydrogens (tertiary/aromatic N) is 3. The maximum atomic E-state index is 6.63. The van der Waals surface area contributed by atoms with Crippen LogP contribution in [0.3, 0.4) is 0 Å². The van der Waals surface area contributed by atoms with Gasteiger partial charge in [-0.1, -0.05) is 115 Å². The summed E-state index contributed by atoms with van der Waals surface area (Å²) in [5, 5.41) is 8.64. The Morgan fingerprint density at radius 2 is 0.982 bits per heavy atom. The number of furan rings is 2. The lowest BCUT2D eigenvalue weighted by atomic mass is 9.95. The van der Waals surface area contributed by atoms with Crippen molar-refractivity contribution in [1.82, 2.24) is 15.0 Å². The van der Waals surface area contributed by atoms with Gasteiger partial charge in [0.2, 0.25) is 0 Å². The minimum Gasteiger partial charge on any atom is -0.456 e. The molecule has 0 saturated carbocycles. The second-order valence-corrected chi connectivity index (χ2v) is 15.0. The standard InChI is InChI=1S/C49H27N3O2S/c1-2-12-28(13-3-1)36-27-38-37-26-29(24-25-40(37)54-46(38)31-15-5-4-14-30(31)36)47-50-48(34-18-10-21-41-44(34)32-16-6-8-20-39(32)53-41)52-49(51-47)35-19-11-23-43-45(35)33-17-7-9-22-42(33)55-43/h1-27H. The van der Waals surface area contributed by atoms with E-state index in [0.29, 0.717) is 17.5 Å². The smallest absolute Gasteiger partial charge is 0.164 e. The Bertz CT molecular complexity index is 3370. The summed E-state index contributed by atoms with van der Waals surface area (Å²) in [6, 6.07) is 56.7. The normalized spacial score (nSPS) is 12.0. The molecule has 4 heterocycles. The van der Waals surface area contributed by atoms with Crippen LogP contribution in [0.15, 0.2) is 173 Å². The predicted molar refractivity (Wildman–Crippen MR) is 227 cm³/mol. The summed E-state index contributed by atoms with van der Waals surface area (Å²) in [4.78, 5) is 15.8. The molecular weight excluding hydrogens is 695 g/mol. The van der Waals surface area contributed by atoms with E-state index in [-0.39, 0.29) is 0 Å². The summed E-state index contributed by atoms with van der Waals surface area (Å²) in [5.74, 6) is 1.79. The number of hydrogen-bond acceptors (Lipinski definition) is 6. The first-order chi connectivity index (χ1) is 27.2. The SMILES string of the molecule is c1ccc(-c2cc3c4cc(-c5nc(-c6cccc7oc8ccccc8c67)nc(-c6cccc7sc8ccccc8c67)n5)ccc4oc3c3ccccc23)cc1. The van der Waals surface area contributed by atoms with Crippen LogP contribution in [0, 0.1) is 0 Å². The zero-order chi connectivity index (χ0) is 36.0. The summed E-state index contributed by atoms with van der Waals surface area (Å²) >= 11 is 1.79. The summed E-state index contributed by atoms with van der Waals surface area (Å²) < 4.78 is 15.4. The number of rotatable bonds is 4. The molecular formula is C49H27N3O2S. The molecule has 0 spiro atoms. The molecule has 0 aliphatic heterocycles. The van der Waals surface area contributed by atoms with Crippen molar-refractivity contribution in [3.05, 3.63) is 164 Å². The molecule has 8 aromatic carbocycles. The molecule has 0 radical (unpaired) electrons. The molecule has 4 aromatic heterocycles. The van der Waals surface area contributed by atoms with E-state index in [4.69, 9.17) is 23.8 Å². The van der Waals surface area contributed by atoms with E-state index < -0.39 is 0 Å². The molecule has 0 aliphatic carbocycles.